The molecule has 0 unspecified atom stereocenters. The highest BCUT2D eigenvalue weighted by molar-refractivity contribution is 6.83. The van der Waals surface area contributed by atoms with Gasteiger partial charge in [0.2, 0.25) is 0 Å². The highest BCUT2D eigenvalue weighted by Gasteiger charge is 2.31. The Labute approximate surface area is 115 Å². The summed E-state index contributed by atoms with van der Waals surface area (Å²) in [6, 6.07) is 5.53. The smallest absolute Gasteiger partial charge is 0.258 e. The Morgan fingerprint density at radius 1 is 1.26 bits per heavy atom. The van der Waals surface area contributed by atoms with Gasteiger partial charge in [0.1, 0.15) is 13.8 Å². The topological polar surface area (TPSA) is 38.3 Å². The van der Waals surface area contributed by atoms with E-state index in [-0.39, 0.29) is 5.91 Å². The number of hydrogen-bond donors (Lipinski definition) is 1. The van der Waals surface area contributed by atoms with E-state index in [9.17, 15) is 4.79 Å². The van der Waals surface area contributed by atoms with E-state index in [1.807, 2.05) is 26.0 Å². The lowest BCUT2D eigenvalue weighted by Gasteiger charge is -2.33. The van der Waals surface area contributed by atoms with Crippen molar-refractivity contribution >= 4 is 14.0 Å². The third-order valence-electron chi connectivity index (χ3n) is 2.59. The molecule has 100 valence electrons. The lowest BCUT2D eigenvalue weighted by Crippen LogP contribution is -2.51. The standard InChI is InChI=1S/C15H19NO2Si/c1-15(2)16-14(17)12-10-11(6-7-13(12)18-15)8-9-19(3,4)5/h6-7,10H,1-5H3,(H,16,17). The van der Waals surface area contributed by atoms with Gasteiger partial charge < -0.3 is 10.1 Å². The molecule has 0 saturated carbocycles. The average Bonchev–Trinajstić information content (AvgIpc) is 2.24. The van der Waals surface area contributed by atoms with E-state index in [0.717, 1.165) is 5.56 Å². The SMILES string of the molecule is CC1(C)NC(=O)c2cc(C#C[Si](C)(C)C)ccc2O1. The fraction of sp³-hybridized carbons (Fsp3) is 0.400. The minimum absolute atomic E-state index is 0.108. The number of benzene rings is 1. The third-order valence-corrected chi connectivity index (χ3v) is 3.46. The first kappa shape index (κ1) is 13.7. The van der Waals surface area contributed by atoms with Crippen LogP contribution in [0.1, 0.15) is 29.8 Å². The summed E-state index contributed by atoms with van der Waals surface area (Å²) in [5.41, 5.74) is 4.05. The molecule has 19 heavy (non-hydrogen) atoms. The predicted octanol–water partition coefficient (Wildman–Crippen LogP) is 2.77. The lowest BCUT2D eigenvalue weighted by molar-refractivity contribution is 0.0433. The second-order valence-electron chi connectivity index (χ2n) is 6.28. The number of carbonyl (C=O) groups is 1. The van der Waals surface area contributed by atoms with E-state index < -0.39 is 13.8 Å². The molecule has 1 aliphatic rings. The van der Waals surface area contributed by atoms with E-state index in [4.69, 9.17) is 4.74 Å². The van der Waals surface area contributed by atoms with Gasteiger partial charge in [0.05, 0.1) is 5.56 Å². The highest BCUT2D eigenvalue weighted by atomic mass is 28.3. The molecule has 0 bridgehead atoms. The Balaban J connectivity index is 2.37. The molecule has 0 spiro atoms. The van der Waals surface area contributed by atoms with Gasteiger partial charge in [-0.2, -0.15) is 0 Å². The third kappa shape index (κ3) is 3.39. The second-order valence-corrected chi connectivity index (χ2v) is 11.0. The van der Waals surface area contributed by atoms with Crippen LogP contribution in [0.4, 0.5) is 0 Å². The zero-order valence-electron chi connectivity index (χ0n) is 12.0. The van der Waals surface area contributed by atoms with Crippen molar-refractivity contribution in [3.05, 3.63) is 29.3 Å². The average molecular weight is 273 g/mol. The van der Waals surface area contributed by atoms with Crippen LogP contribution in [0.15, 0.2) is 18.2 Å². The molecule has 1 aromatic rings. The Morgan fingerprint density at radius 2 is 1.95 bits per heavy atom. The number of nitrogens with one attached hydrogen (secondary N) is 1. The molecule has 0 aliphatic carbocycles. The second kappa shape index (κ2) is 4.43. The largest absolute Gasteiger partial charge is 0.468 e. The minimum atomic E-state index is -1.41. The number of hydrogen-bond acceptors (Lipinski definition) is 2. The monoisotopic (exact) mass is 273 g/mol. The fourth-order valence-electron chi connectivity index (χ4n) is 1.78. The summed E-state index contributed by atoms with van der Waals surface area (Å²) in [7, 11) is -1.41. The summed E-state index contributed by atoms with van der Waals surface area (Å²) in [4.78, 5) is 12.0. The van der Waals surface area contributed by atoms with E-state index >= 15 is 0 Å². The van der Waals surface area contributed by atoms with Gasteiger partial charge in [-0.15, -0.1) is 5.54 Å². The van der Waals surface area contributed by atoms with Gasteiger partial charge in [0, 0.05) is 5.56 Å². The summed E-state index contributed by atoms with van der Waals surface area (Å²) in [6.07, 6.45) is 0. The van der Waals surface area contributed by atoms with Gasteiger partial charge >= 0.3 is 0 Å². The Hall–Kier alpha value is -1.73. The van der Waals surface area contributed by atoms with Crippen molar-refractivity contribution < 1.29 is 9.53 Å². The quantitative estimate of drug-likeness (QED) is 0.583. The molecule has 0 radical (unpaired) electrons. The lowest BCUT2D eigenvalue weighted by atomic mass is 10.1. The van der Waals surface area contributed by atoms with Crippen molar-refractivity contribution in [3.8, 4) is 17.2 Å². The summed E-state index contributed by atoms with van der Waals surface area (Å²) in [5, 5.41) is 2.81. The van der Waals surface area contributed by atoms with Crippen molar-refractivity contribution in [3.63, 3.8) is 0 Å². The Morgan fingerprint density at radius 3 is 2.58 bits per heavy atom. The van der Waals surface area contributed by atoms with Crippen molar-refractivity contribution in [1.82, 2.24) is 5.32 Å². The van der Waals surface area contributed by atoms with Gasteiger partial charge in [0.25, 0.3) is 5.91 Å². The Bertz CT molecular complexity index is 588. The van der Waals surface area contributed by atoms with Crippen molar-refractivity contribution in [2.24, 2.45) is 0 Å². The zero-order chi connectivity index (χ0) is 14.3. The predicted molar refractivity (Wildman–Crippen MR) is 78.8 cm³/mol. The van der Waals surface area contributed by atoms with E-state index in [1.54, 1.807) is 6.07 Å². The summed E-state index contributed by atoms with van der Waals surface area (Å²) < 4.78 is 5.72. The van der Waals surface area contributed by atoms with Crippen LogP contribution in [0.5, 0.6) is 5.75 Å². The van der Waals surface area contributed by atoms with Crippen molar-refractivity contribution in [1.29, 1.82) is 0 Å². The van der Waals surface area contributed by atoms with Crippen LogP contribution in [0, 0.1) is 11.5 Å². The van der Waals surface area contributed by atoms with Crippen LogP contribution < -0.4 is 10.1 Å². The number of carbonyl (C=O) groups excluding carboxylic acids is 1. The summed E-state index contributed by atoms with van der Waals surface area (Å²) in [5.74, 6) is 3.66. The Kier molecular flexibility index (Phi) is 3.19. The molecule has 0 aromatic heterocycles. The van der Waals surface area contributed by atoms with E-state index in [2.05, 4.69) is 36.4 Å². The normalized spacial score (nSPS) is 16.6. The number of fused-ring (bicyclic) bond motifs is 1. The molecule has 0 saturated heterocycles. The van der Waals surface area contributed by atoms with Gasteiger partial charge in [-0.3, -0.25) is 4.79 Å². The molecule has 1 amide bonds. The van der Waals surface area contributed by atoms with Gasteiger partial charge in [-0.1, -0.05) is 25.6 Å². The molecule has 1 aromatic carbocycles. The first-order chi connectivity index (χ1) is 8.66. The molecule has 4 heteroatoms. The summed E-state index contributed by atoms with van der Waals surface area (Å²) >= 11 is 0. The molecular weight excluding hydrogens is 254 g/mol. The highest BCUT2D eigenvalue weighted by Crippen LogP contribution is 2.27. The van der Waals surface area contributed by atoms with Crippen LogP contribution in [0.2, 0.25) is 19.6 Å². The first-order valence-corrected chi connectivity index (χ1v) is 9.85. The number of rotatable bonds is 0. The molecule has 1 aliphatic heterocycles. The fourth-order valence-corrected chi connectivity index (χ4v) is 2.29. The van der Waals surface area contributed by atoms with Gasteiger partial charge in [-0.25, -0.2) is 0 Å². The molecule has 0 atom stereocenters. The molecule has 1 heterocycles. The number of amides is 1. The maximum Gasteiger partial charge on any atom is 0.258 e. The van der Waals surface area contributed by atoms with Crippen molar-refractivity contribution in [2.45, 2.75) is 39.2 Å². The van der Waals surface area contributed by atoms with Crippen LogP contribution in [0.3, 0.4) is 0 Å². The minimum Gasteiger partial charge on any atom is -0.468 e. The first-order valence-electron chi connectivity index (χ1n) is 6.35. The van der Waals surface area contributed by atoms with Crippen molar-refractivity contribution in [2.75, 3.05) is 0 Å². The van der Waals surface area contributed by atoms with Crippen LogP contribution in [-0.4, -0.2) is 19.7 Å². The maximum absolute atomic E-state index is 12.0. The molecule has 0 fully saturated rings. The zero-order valence-corrected chi connectivity index (χ0v) is 13.0. The molecule has 1 N–H and O–H groups in total. The van der Waals surface area contributed by atoms with Crippen LogP contribution in [-0.2, 0) is 0 Å². The van der Waals surface area contributed by atoms with Crippen LogP contribution in [0.25, 0.3) is 0 Å². The van der Waals surface area contributed by atoms with Gasteiger partial charge in [0.15, 0.2) is 5.72 Å². The number of ether oxygens (including phenoxy) is 1. The van der Waals surface area contributed by atoms with Crippen LogP contribution >= 0.6 is 0 Å². The molecular formula is C15H19NO2Si. The van der Waals surface area contributed by atoms with E-state index in [0.29, 0.717) is 11.3 Å². The summed E-state index contributed by atoms with van der Waals surface area (Å²) in [6.45, 7) is 10.2. The molecule has 3 nitrogen and oxygen atoms in total. The van der Waals surface area contributed by atoms with Gasteiger partial charge in [-0.05, 0) is 32.0 Å². The van der Waals surface area contributed by atoms with E-state index in [1.165, 1.54) is 0 Å². The molecule has 2 rings (SSSR count). The maximum atomic E-state index is 12.0.